The van der Waals surface area contributed by atoms with Crippen molar-refractivity contribution in [2.45, 2.75) is 12.6 Å². The molecule has 0 aliphatic carbocycles. The van der Waals surface area contributed by atoms with Crippen LogP contribution in [0.15, 0.2) is 21.4 Å². The Hall–Kier alpha value is -1.02. The minimum atomic E-state index is -4.17. The molecule has 20 heavy (non-hydrogen) atoms. The molecule has 1 aromatic heterocycles. The van der Waals surface area contributed by atoms with E-state index >= 15 is 0 Å². The predicted molar refractivity (Wildman–Crippen MR) is 69.3 cm³/mol. The van der Waals surface area contributed by atoms with Crippen LogP contribution in [-0.4, -0.2) is 43.2 Å². The summed E-state index contributed by atoms with van der Waals surface area (Å²) >= 11 is 3.10. The highest BCUT2D eigenvalue weighted by atomic mass is 79.9. The molecule has 1 N–H and O–H groups in total. The molecule has 1 saturated heterocycles. The van der Waals surface area contributed by atoms with Crippen LogP contribution in [0.25, 0.3) is 0 Å². The van der Waals surface area contributed by atoms with Crippen molar-refractivity contribution in [2.24, 2.45) is 5.92 Å². The Balaban J connectivity index is 1.76. The van der Waals surface area contributed by atoms with Gasteiger partial charge in [-0.25, -0.2) is 0 Å². The number of alkyl halides is 3. The number of carbonyl (C=O) groups is 1. The smallest absolute Gasteiger partial charge is 0.401 e. The molecule has 112 valence electrons. The molecule has 0 spiro atoms. The minimum absolute atomic E-state index is 0.0481. The lowest BCUT2D eigenvalue weighted by Gasteiger charge is -2.17. The van der Waals surface area contributed by atoms with Crippen LogP contribution in [0.3, 0.4) is 0 Å². The highest BCUT2D eigenvalue weighted by molar-refractivity contribution is 9.10. The van der Waals surface area contributed by atoms with E-state index in [1.807, 2.05) is 0 Å². The Bertz CT molecular complexity index is 476. The number of hydrogen-bond donors (Lipinski definition) is 1. The highest BCUT2D eigenvalue weighted by Gasteiger charge is 2.34. The SMILES string of the molecule is O=C(NCC1CCN(CC(F)(F)F)C1)c1ccoc1Br. The van der Waals surface area contributed by atoms with Gasteiger partial charge < -0.3 is 9.73 Å². The number of nitrogens with zero attached hydrogens (tertiary/aromatic N) is 1. The predicted octanol–water partition coefficient (Wildman–Crippen LogP) is 2.66. The van der Waals surface area contributed by atoms with E-state index in [1.165, 1.54) is 17.2 Å². The van der Waals surface area contributed by atoms with Crippen LogP contribution in [0.1, 0.15) is 16.8 Å². The molecule has 1 unspecified atom stereocenters. The number of rotatable bonds is 4. The first kappa shape index (κ1) is 15.4. The zero-order chi connectivity index (χ0) is 14.8. The lowest BCUT2D eigenvalue weighted by atomic mass is 10.1. The summed E-state index contributed by atoms with van der Waals surface area (Å²) in [4.78, 5) is 13.2. The standard InChI is InChI=1S/C12H14BrF3N2O2/c13-10-9(2-4-20-10)11(19)17-5-8-1-3-18(6-8)7-12(14,15)16/h2,4,8H,1,3,5-7H2,(H,17,19). The molecule has 2 heterocycles. The molecule has 1 aromatic rings. The van der Waals surface area contributed by atoms with Gasteiger partial charge in [0.05, 0.1) is 18.4 Å². The van der Waals surface area contributed by atoms with Crippen LogP contribution < -0.4 is 5.32 Å². The number of hydrogen-bond acceptors (Lipinski definition) is 3. The first-order valence-corrected chi connectivity index (χ1v) is 6.95. The van der Waals surface area contributed by atoms with Gasteiger partial charge in [0, 0.05) is 13.1 Å². The average Bonchev–Trinajstić information content (AvgIpc) is 2.93. The molecule has 8 heteroatoms. The van der Waals surface area contributed by atoms with Crippen molar-refractivity contribution in [3.8, 4) is 0 Å². The Kier molecular flexibility index (Phi) is 4.74. The third-order valence-electron chi connectivity index (χ3n) is 3.19. The van der Waals surface area contributed by atoms with Crippen LogP contribution in [0, 0.1) is 5.92 Å². The molecular weight excluding hydrogens is 341 g/mol. The molecule has 1 amide bonds. The van der Waals surface area contributed by atoms with Gasteiger partial charge in [0.1, 0.15) is 0 Å². The topological polar surface area (TPSA) is 45.5 Å². The van der Waals surface area contributed by atoms with Gasteiger partial charge in [-0.15, -0.1) is 0 Å². The van der Waals surface area contributed by atoms with Crippen molar-refractivity contribution in [1.29, 1.82) is 0 Å². The van der Waals surface area contributed by atoms with E-state index in [0.717, 1.165) is 0 Å². The van der Waals surface area contributed by atoms with Crippen molar-refractivity contribution in [3.05, 3.63) is 22.6 Å². The first-order valence-electron chi connectivity index (χ1n) is 6.15. The van der Waals surface area contributed by atoms with E-state index < -0.39 is 12.7 Å². The second-order valence-corrected chi connectivity index (χ2v) is 5.54. The second kappa shape index (κ2) is 6.17. The quantitative estimate of drug-likeness (QED) is 0.903. The zero-order valence-corrected chi connectivity index (χ0v) is 12.1. The average molecular weight is 355 g/mol. The van der Waals surface area contributed by atoms with Crippen LogP contribution in [0.2, 0.25) is 0 Å². The largest absolute Gasteiger partial charge is 0.457 e. The zero-order valence-electron chi connectivity index (χ0n) is 10.5. The van der Waals surface area contributed by atoms with E-state index in [0.29, 0.717) is 36.3 Å². The van der Waals surface area contributed by atoms with Gasteiger partial charge in [0.25, 0.3) is 5.91 Å². The van der Waals surface area contributed by atoms with Crippen molar-refractivity contribution in [1.82, 2.24) is 10.2 Å². The first-order chi connectivity index (χ1) is 9.35. The number of likely N-dealkylation sites (tertiary alicyclic amines) is 1. The normalized spacial score (nSPS) is 20.3. The molecule has 0 aromatic carbocycles. The molecular formula is C12H14BrF3N2O2. The summed E-state index contributed by atoms with van der Waals surface area (Å²) in [6, 6.07) is 1.53. The van der Waals surface area contributed by atoms with E-state index in [-0.39, 0.29) is 11.8 Å². The molecule has 4 nitrogen and oxygen atoms in total. The van der Waals surface area contributed by atoms with Crippen LogP contribution >= 0.6 is 15.9 Å². The van der Waals surface area contributed by atoms with Gasteiger partial charge in [0.2, 0.25) is 0 Å². The highest BCUT2D eigenvalue weighted by Crippen LogP contribution is 2.22. The minimum Gasteiger partial charge on any atom is -0.457 e. The molecule has 1 atom stereocenters. The Labute approximate surface area is 122 Å². The lowest BCUT2D eigenvalue weighted by Crippen LogP contribution is -2.34. The summed E-state index contributed by atoms with van der Waals surface area (Å²) in [5, 5.41) is 2.71. The van der Waals surface area contributed by atoms with Gasteiger partial charge in [0.15, 0.2) is 4.67 Å². The van der Waals surface area contributed by atoms with Crippen molar-refractivity contribution in [2.75, 3.05) is 26.2 Å². The molecule has 2 rings (SSSR count). The maximum atomic E-state index is 12.3. The van der Waals surface area contributed by atoms with Gasteiger partial charge in [-0.1, -0.05) is 0 Å². The number of amides is 1. The maximum absolute atomic E-state index is 12.3. The molecule has 0 saturated carbocycles. The third kappa shape index (κ3) is 4.24. The van der Waals surface area contributed by atoms with E-state index in [1.54, 1.807) is 0 Å². The fourth-order valence-corrected chi connectivity index (χ4v) is 2.68. The second-order valence-electron chi connectivity index (χ2n) is 4.82. The summed E-state index contributed by atoms with van der Waals surface area (Å²) in [6.45, 7) is 0.247. The molecule has 1 aliphatic heterocycles. The van der Waals surface area contributed by atoms with Gasteiger partial charge >= 0.3 is 6.18 Å². The fraction of sp³-hybridized carbons (Fsp3) is 0.583. The summed E-state index contributed by atoms with van der Waals surface area (Å²) in [5.41, 5.74) is 0.384. The van der Waals surface area contributed by atoms with Crippen LogP contribution in [0.4, 0.5) is 13.2 Å². The number of carbonyl (C=O) groups excluding carboxylic acids is 1. The van der Waals surface area contributed by atoms with Crippen molar-refractivity contribution >= 4 is 21.8 Å². The molecule has 0 bridgehead atoms. The summed E-state index contributed by atoms with van der Waals surface area (Å²) in [5.74, 6) is -0.244. The van der Waals surface area contributed by atoms with E-state index in [4.69, 9.17) is 4.42 Å². The van der Waals surface area contributed by atoms with Crippen LogP contribution in [0.5, 0.6) is 0 Å². The fourth-order valence-electron chi connectivity index (χ4n) is 2.26. The summed E-state index contributed by atoms with van der Waals surface area (Å²) < 4.78 is 42.1. The van der Waals surface area contributed by atoms with Gasteiger partial charge in [-0.2, -0.15) is 13.2 Å². The van der Waals surface area contributed by atoms with E-state index in [9.17, 15) is 18.0 Å². The van der Waals surface area contributed by atoms with Crippen molar-refractivity contribution < 1.29 is 22.4 Å². The Morgan fingerprint density at radius 3 is 2.90 bits per heavy atom. The van der Waals surface area contributed by atoms with Crippen LogP contribution in [-0.2, 0) is 0 Å². The summed E-state index contributed by atoms with van der Waals surface area (Å²) in [6.07, 6.45) is -2.12. The Morgan fingerprint density at radius 1 is 1.55 bits per heavy atom. The Morgan fingerprint density at radius 2 is 2.30 bits per heavy atom. The summed E-state index contributed by atoms with van der Waals surface area (Å²) in [7, 11) is 0. The monoisotopic (exact) mass is 354 g/mol. The molecule has 0 radical (unpaired) electrons. The van der Waals surface area contributed by atoms with E-state index in [2.05, 4.69) is 21.2 Å². The number of furan rings is 1. The lowest BCUT2D eigenvalue weighted by molar-refractivity contribution is -0.143. The van der Waals surface area contributed by atoms with Gasteiger partial charge in [-0.3, -0.25) is 9.69 Å². The van der Waals surface area contributed by atoms with Gasteiger partial charge in [-0.05, 0) is 40.9 Å². The maximum Gasteiger partial charge on any atom is 0.401 e. The number of halogens is 4. The molecule has 1 aliphatic rings. The number of nitrogens with one attached hydrogen (secondary N) is 1. The molecule has 1 fully saturated rings. The third-order valence-corrected chi connectivity index (χ3v) is 3.80. The van der Waals surface area contributed by atoms with Crippen molar-refractivity contribution in [3.63, 3.8) is 0 Å².